The Morgan fingerprint density at radius 2 is 1.47 bits per heavy atom. The van der Waals surface area contributed by atoms with Crippen LogP contribution in [0.15, 0.2) is 79.4 Å². The van der Waals surface area contributed by atoms with Gasteiger partial charge >= 0.3 is 0 Å². The van der Waals surface area contributed by atoms with Crippen molar-refractivity contribution in [2.24, 2.45) is 0 Å². The molecule has 0 spiro atoms. The zero-order valence-corrected chi connectivity index (χ0v) is 21.0. The fourth-order valence-electron chi connectivity index (χ4n) is 4.17. The number of Topliss-reactive ketones (excluding diaryl/α,β-unsaturated/α-hetero) is 1. The van der Waals surface area contributed by atoms with Gasteiger partial charge in [-0.3, -0.25) is 9.59 Å². The molecule has 190 valence electrons. The van der Waals surface area contributed by atoms with E-state index in [-0.39, 0.29) is 11.3 Å². The van der Waals surface area contributed by atoms with Gasteiger partial charge in [0.15, 0.2) is 0 Å². The molecule has 2 aromatic carbocycles. The summed E-state index contributed by atoms with van der Waals surface area (Å²) in [4.78, 5) is 30.1. The standard InChI is InChI=1S/C29H34N2O5/c1-5-19-35-23-13-9-21(10-14-23)26-25(27(32)22-11-15-24(16-12-22)36-20-6-2)28(33)29(34)31(26)18-17-30(7-3)8-4/h5-6,9-16,26,32H,1-2,7-8,17-20H2,3-4H3/b27-25+/t26-/m0/s1. The van der Waals surface area contributed by atoms with E-state index < -0.39 is 17.7 Å². The van der Waals surface area contributed by atoms with E-state index in [4.69, 9.17) is 9.47 Å². The molecule has 1 aliphatic heterocycles. The molecule has 36 heavy (non-hydrogen) atoms. The van der Waals surface area contributed by atoms with E-state index >= 15 is 0 Å². The molecule has 1 heterocycles. The topological polar surface area (TPSA) is 79.3 Å². The molecule has 0 bridgehead atoms. The van der Waals surface area contributed by atoms with Crippen LogP contribution in [0.5, 0.6) is 11.5 Å². The number of carbonyl (C=O) groups is 2. The van der Waals surface area contributed by atoms with Crippen molar-refractivity contribution in [2.75, 3.05) is 39.4 Å². The van der Waals surface area contributed by atoms with E-state index in [2.05, 4.69) is 31.9 Å². The van der Waals surface area contributed by atoms with E-state index in [0.29, 0.717) is 48.9 Å². The van der Waals surface area contributed by atoms with Crippen LogP contribution in [0, 0.1) is 0 Å². The van der Waals surface area contributed by atoms with E-state index in [1.807, 2.05) is 12.1 Å². The number of carbonyl (C=O) groups excluding carboxylic acids is 2. The summed E-state index contributed by atoms with van der Waals surface area (Å²) in [6.07, 6.45) is 3.30. The molecule has 0 saturated carbocycles. The molecule has 0 radical (unpaired) electrons. The monoisotopic (exact) mass is 490 g/mol. The maximum Gasteiger partial charge on any atom is 0.295 e. The molecule has 1 saturated heterocycles. The Bertz CT molecular complexity index is 1100. The van der Waals surface area contributed by atoms with Crippen LogP contribution in [0.25, 0.3) is 5.76 Å². The molecule has 1 N–H and O–H groups in total. The number of amides is 1. The van der Waals surface area contributed by atoms with Gasteiger partial charge in [0.25, 0.3) is 11.7 Å². The molecule has 7 heteroatoms. The molecule has 0 aromatic heterocycles. The second-order valence-electron chi connectivity index (χ2n) is 8.31. The van der Waals surface area contributed by atoms with Gasteiger partial charge in [-0.2, -0.15) is 0 Å². The highest BCUT2D eigenvalue weighted by molar-refractivity contribution is 6.46. The number of hydrogen-bond donors (Lipinski definition) is 1. The Morgan fingerprint density at radius 3 is 1.97 bits per heavy atom. The van der Waals surface area contributed by atoms with E-state index in [0.717, 1.165) is 13.1 Å². The Hall–Kier alpha value is -3.84. The maximum atomic E-state index is 13.2. The molecule has 0 unspecified atom stereocenters. The lowest BCUT2D eigenvalue weighted by atomic mass is 9.95. The summed E-state index contributed by atoms with van der Waals surface area (Å²) in [6, 6.07) is 13.2. The molecular weight excluding hydrogens is 456 g/mol. The number of nitrogens with zero attached hydrogens (tertiary/aromatic N) is 2. The molecule has 0 aliphatic carbocycles. The molecule has 2 aromatic rings. The average molecular weight is 491 g/mol. The fraction of sp³-hybridized carbons (Fsp3) is 0.310. The van der Waals surface area contributed by atoms with Crippen LogP contribution in [-0.2, 0) is 9.59 Å². The summed E-state index contributed by atoms with van der Waals surface area (Å²) in [7, 11) is 0. The zero-order chi connectivity index (χ0) is 26.1. The molecule has 7 nitrogen and oxygen atoms in total. The number of ketones is 1. The molecular formula is C29H34N2O5. The van der Waals surface area contributed by atoms with Crippen molar-refractivity contribution in [3.05, 3.63) is 90.5 Å². The minimum atomic E-state index is -0.717. The van der Waals surface area contributed by atoms with Crippen molar-refractivity contribution >= 4 is 17.4 Å². The summed E-state index contributed by atoms with van der Waals surface area (Å²) >= 11 is 0. The minimum Gasteiger partial charge on any atom is -0.507 e. The van der Waals surface area contributed by atoms with Crippen molar-refractivity contribution in [3.8, 4) is 11.5 Å². The predicted molar refractivity (Wildman–Crippen MR) is 141 cm³/mol. The maximum absolute atomic E-state index is 13.2. The van der Waals surface area contributed by atoms with E-state index in [1.165, 1.54) is 0 Å². The van der Waals surface area contributed by atoms with Crippen LogP contribution in [0.3, 0.4) is 0 Å². The van der Waals surface area contributed by atoms with Crippen LogP contribution < -0.4 is 9.47 Å². The Kier molecular flexibility index (Phi) is 9.47. The lowest BCUT2D eigenvalue weighted by molar-refractivity contribution is -0.140. The largest absolute Gasteiger partial charge is 0.507 e. The van der Waals surface area contributed by atoms with Crippen molar-refractivity contribution in [1.29, 1.82) is 0 Å². The third kappa shape index (κ3) is 6.04. The highest BCUT2D eigenvalue weighted by atomic mass is 16.5. The van der Waals surface area contributed by atoms with E-state index in [9.17, 15) is 14.7 Å². The van der Waals surface area contributed by atoms with Crippen molar-refractivity contribution in [1.82, 2.24) is 9.80 Å². The normalized spacial score (nSPS) is 16.9. The highest BCUT2D eigenvalue weighted by Crippen LogP contribution is 2.39. The second-order valence-corrected chi connectivity index (χ2v) is 8.31. The fourth-order valence-corrected chi connectivity index (χ4v) is 4.17. The van der Waals surface area contributed by atoms with Gasteiger partial charge in [-0.1, -0.05) is 51.3 Å². The first-order valence-corrected chi connectivity index (χ1v) is 12.1. The summed E-state index contributed by atoms with van der Waals surface area (Å²) in [6.45, 7) is 14.8. The van der Waals surface area contributed by atoms with Gasteiger partial charge in [-0.15, -0.1) is 0 Å². The van der Waals surface area contributed by atoms with Gasteiger partial charge in [0, 0.05) is 18.7 Å². The van der Waals surface area contributed by atoms with Crippen molar-refractivity contribution in [2.45, 2.75) is 19.9 Å². The predicted octanol–water partition coefficient (Wildman–Crippen LogP) is 4.58. The van der Waals surface area contributed by atoms with Crippen molar-refractivity contribution in [3.63, 3.8) is 0 Å². The third-order valence-electron chi connectivity index (χ3n) is 6.15. The van der Waals surface area contributed by atoms with Crippen LogP contribution >= 0.6 is 0 Å². The highest BCUT2D eigenvalue weighted by Gasteiger charge is 2.46. The molecule has 3 rings (SSSR count). The van der Waals surface area contributed by atoms with Gasteiger partial charge in [-0.05, 0) is 55.1 Å². The Balaban J connectivity index is 2.02. The van der Waals surface area contributed by atoms with Gasteiger partial charge < -0.3 is 24.4 Å². The average Bonchev–Trinajstić information content (AvgIpc) is 3.16. The summed E-state index contributed by atoms with van der Waals surface area (Å²) in [5.74, 6) is -0.278. The lowest BCUT2D eigenvalue weighted by Crippen LogP contribution is -2.38. The number of aliphatic hydroxyl groups is 1. The van der Waals surface area contributed by atoms with Crippen LogP contribution in [-0.4, -0.2) is 66.0 Å². The lowest BCUT2D eigenvalue weighted by Gasteiger charge is -2.28. The number of likely N-dealkylation sites (tertiary alicyclic amines) is 1. The van der Waals surface area contributed by atoms with Gasteiger partial charge in [0.2, 0.25) is 0 Å². The second kappa shape index (κ2) is 12.7. The SMILES string of the molecule is C=CCOc1ccc(/C(O)=C2\C(=O)C(=O)N(CCN(CC)CC)[C@H]2c2ccc(OCC=C)cc2)cc1. The summed E-state index contributed by atoms with van der Waals surface area (Å²) < 4.78 is 11.1. The molecule has 1 fully saturated rings. The number of hydrogen-bond acceptors (Lipinski definition) is 6. The quantitative estimate of drug-likeness (QED) is 0.192. The molecule has 1 atom stereocenters. The summed E-state index contributed by atoms with van der Waals surface area (Å²) in [5.41, 5.74) is 1.21. The number of aliphatic hydroxyl groups excluding tert-OH is 1. The first-order chi connectivity index (χ1) is 17.4. The number of likely N-dealkylation sites (N-methyl/N-ethyl adjacent to an activating group) is 1. The first-order valence-electron chi connectivity index (χ1n) is 12.1. The smallest absolute Gasteiger partial charge is 0.295 e. The van der Waals surface area contributed by atoms with Gasteiger partial charge in [-0.25, -0.2) is 0 Å². The van der Waals surface area contributed by atoms with Gasteiger partial charge in [0.05, 0.1) is 11.6 Å². The van der Waals surface area contributed by atoms with Crippen LogP contribution in [0.4, 0.5) is 0 Å². The van der Waals surface area contributed by atoms with Gasteiger partial charge in [0.1, 0.15) is 30.5 Å². The van der Waals surface area contributed by atoms with Crippen LogP contribution in [0.1, 0.15) is 31.0 Å². The molecule has 1 aliphatic rings. The minimum absolute atomic E-state index is 0.0686. The summed E-state index contributed by atoms with van der Waals surface area (Å²) in [5, 5.41) is 11.2. The zero-order valence-electron chi connectivity index (χ0n) is 21.0. The Labute approximate surface area is 212 Å². The number of benzene rings is 2. The molecule has 1 amide bonds. The Morgan fingerprint density at radius 1 is 0.944 bits per heavy atom. The van der Waals surface area contributed by atoms with Crippen molar-refractivity contribution < 1.29 is 24.2 Å². The van der Waals surface area contributed by atoms with E-state index in [1.54, 1.807) is 53.5 Å². The number of rotatable bonds is 13. The number of ether oxygens (including phenoxy) is 2. The van der Waals surface area contributed by atoms with Crippen LogP contribution in [0.2, 0.25) is 0 Å². The first kappa shape index (κ1) is 26.8. The third-order valence-corrected chi connectivity index (χ3v) is 6.15.